The molecule has 0 aliphatic heterocycles. The minimum Gasteiger partial charge on any atom is -0.467 e. The molecule has 0 saturated carbocycles. The van der Waals surface area contributed by atoms with E-state index in [0.717, 1.165) is 33.3 Å². The van der Waals surface area contributed by atoms with E-state index in [1.807, 2.05) is 66.9 Å². The van der Waals surface area contributed by atoms with Crippen molar-refractivity contribution in [2.24, 2.45) is 4.99 Å². The number of hydrogen-bond donors (Lipinski definition) is 1. The molecule has 4 rings (SSSR count). The molecule has 0 fully saturated rings. The van der Waals surface area contributed by atoms with Crippen LogP contribution in [-0.4, -0.2) is 29.8 Å². The van der Waals surface area contributed by atoms with Crippen LogP contribution in [-0.2, 0) is 16.0 Å². The molecule has 0 aliphatic carbocycles. The summed E-state index contributed by atoms with van der Waals surface area (Å²) in [5.74, 6) is -0.346. The first kappa shape index (κ1) is 19.6. The maximum atomic E-state index is 12.7. The normalized spacial score (nSPS) is 11.8. The molecule has 1 aromatic heterocycles. The molecule has 0 radical (unpaired) electrons. The van der Waals surface area contributed by atoms with Gasteiger partial charge in [-0.2, -0.15) is 0 Å². The number of aromatic nitrogens is 1. The van der Waals surface area contributed by atoms with Crippen LogP contribution in [0.4, 0.5) is 0 Å². The van der Waals surface area contributed by atoms with Crippen LogP contribution in [0.25, 0.3) is 10.9 Å². The molecule has 0 bridgehead atoms. The van der Waals surface area contributed by atoms with Crippen LogP contribution >= 0.6 is 0 Å². The fourth-order valence-electron chi connectivity index (χ4n) is 3.65. The zero-order chi connectivity index (χ0) is 20.9. The van der Waals surface area contributed by atoms with Gasteiger partial charge in [-0.15, -0.1) is 0 Å². The Bertz CT molecular complexity index is 1140. The SMILES string of the molecule is COC(=O)[C@@H](Cc1c[nH]c2ccc(C)cc12)N=C(c1ccccc1)c1ccccc1. The fourth-order valence-corrected chi connectivity index (χ4v) is 3.65. The molecule has 3 aromatic carbocycles. The van der Waals surface area contributed by atoms with Gasteiger partial charge in [0.15, 0.2) is 6.04 Å². The molecular weight excluding hydrogens is 372 g/mol. The molecule has 4 heteroatoms. The number of rotatable bonds is 6. The Morgan fingerprint density at radius 3 is 2.20 bits per heavy atom. The number of ether oxygens (including phenoxy) is 1. The van der Waals surface area contributed by atoms with Crippen molar-refractivity contribution in [2.45, 2.75) is 19.4 Å². The first-order valence-electron chi connectivity index (χ1n) is 9.99. The highest BCUT2D eigenvalue weighted by Crippen LogP contribution is 2.23. The van der Waals surface area contributed by atoms with Gasteiger partial charge in [-0.3, -0.25) is 4.99 Å². The molecule has 1 heterocycles. The average molecular weight is 396 g/mol. The zero-order valence-corrected chi connectivity index (χ0v) is 17.1. The molecule has 150 valence electrons. The van der Waals surface area contributed by atoms with Crippen LogP contribution in [0.1, 0.15) is 22.3 Å². The standard InChI is InChI=1S/C26H24N2O2/c1-18-13-14-23-22(15-18)21(17-27-23)16-24(26(29)30-2)28-25(19-9-5-3-6-10-19)20-11-7-4-8-12-20/h3-15,17,24,27H,16H2,1-2H3/t24-/m1/s1. The smallest absolute Gasteiger partial charge is 0.330 e. The molecule has 0 unspecified atom stereocenters. The summed E-state index contributed by atoms with van der Waals surface area (Å²) in [5, 5.41) is 1.11. The van der Waals surface area contributed by atoms with Gasteiger partial charge in [0.25, 0.3) is 0 Å². The summed E-state index contributed by atoms with van der Waals surface area (Å²) in [5.41, 5.74) is 5.99. The van der Waals surface area contributed by atoms with Gasteiger partial charge in [-0.1, -0.05) is 72.3 Å². The number of carbonyl (C=O) groups excluding carboxylic acids is 1. The second kappa shape index (κ2) is 8.78. The van der Waals surface area contributed by atoms with E-state index >= 15 is 0 Å². The van der Waals surface area contributed by atoms with E-state index in [1.165, 1.54) is 12.7 Å². The molecule has 0 spiro atoms. The van der Waals surface area contributed by atoms with Gasteiger partial charge >= 0.3 is 5.97 Å². The van der Waals surface area contributed by atoms with Crippen LogP contribution in [0, 0.1) is 6.92 Å². The van der Waals surface area contributed by atoms with Gasteiger partial charge in [-0.25, -0.2) is 4.79 Å². The molecule has 30 heavy (non-hydrogen) atoms. The number of fused-ring (bicyclic) bond motifs is 1. The third-order valence-electron chi connectivity index (χ3n) is 5.19. The quantitative estimate of drug-likeness (QED) is 0.364. The number of methoxy groups -OCH3 is 1. The van der Waals surface area contributed by atoms with Crippen molar-refractivity contribution in [2.75, 3.05) is 7.11 Å². The van der Waals surface area contributed by atoms with Crippen LogP contribution < -0.4 is 0 Å². The van der Waals surface area contributed by atoms with Crippen molar-refractivity contribution >= 4 is 22.6 Å². The summed E-state index contributed by atoms with van der Waals surface area (Å²) in [6.45, 7) is 2.06. The molecule has 0 amide bonds. The second-order valence-electron chi connectivity index (χ2n) is 7.32. The topological polar surface area (TPSA) is 54.5 Å². The summed E-state index contributed by atoms with van der Waals surface area (Å²) < 4.78 is 5.11. The lowest BCUT2D eigenvalue weighted by Crippen LogP contribution is -2.25. The number of nitrogens with zero attached hydrogens (tertiary/aromatic N) is 1. The summed E-state index contributed by atoms with van der Waals surface area (Å²) in [7, 11) is 1.41. The molecule has 4 nitrogen and oxygen atoms in total. The van der Waals surface area contributed by atoms with Crippen molar-refractivity contribution in [3.63, 3.8) is 0 Å². The van der Waals surface area contributed by atoms with Gasteiger partial charge < -0.3 is 9.72 Å². The van der Waals surface area contributed by atoms with E-state index < -0.39 is 6.04 Å². The first-order valence-corrected chi connectivity index (χ1v) is 9.99. The Labute approximate surface area is 176 Å². The minimum atomic E-state index is -0.648. The van der Waals surface area contributed by atoms with Crippen LogP contribution in [0.3, 0.4) is 0 Å². The van der Waals surface area contributed by atoms with Gasteiger partial charge in [0.1, 0.15) is 0 Å². The van der Waals surface area contributed by atoms with E-state index in [-0.39, 0.29) is 5.97 Å². The minimum absolute atomic E-state index is 0.346. The monoisotopic (exact) mass is 396 g/mol. The number of nitrogens with one attached hydrogen (secondary N) is 1. The maximum Gasteiger partial charge on any atom is 0.330 e. The largest absolute Gasteiger partial charge is 0.467 e. The highest BCUT2D eigenvalue weighted by molar-refractivity contribution is 6.13. The number of benzene rings is 3. The molecule has 1 N–H and O–H groups in total. The van der Waals surface area contributed by atoms with Crippen LogP contribution in [0.5, 0.6) is 0 Å². The Kier molecular flexibility index (Phi) is 5.75. The number of aliphatic imine (C=N–C) groups is 1. The lowest BCUT2D eigenvalue weighted by atomic mass is 10.00. The van der Waals surface area contributed by atoms with E-state index in [2.05, 4.69) is 30.1 Å². The second-order valence-corrected chi connectivity index (χ2v) is 7.32. The predicted molar refractivity (Wildman–Crippen MR) is 121 cm³/mol. The van der Waals surface area contributed by atoms with E-state index in [0.29, 0.717) is 6.42 Å². The molecular formula is C26H24N2O2. The van der Waals surface area contributed by atoms with Gasteiger partial charge in [0.05, 0.1) is 12.8 Å². The maximum absolute atomic E-state index is 12.7. The van der Waals surface area contributed by atoms with Crippen molar-refractivity contribution < 1.29 is 9.53 Å². The van der Waals surface area contributed by atoms with Crippen molar-refractivity contribution in [3.8, 4) is 0 Å². The summed E-state index contributed by atoms with van der Waals surface area (Å²) in [4.78, 5) is 20.9. The van der Waals surface area contributed by atoms with Crippen molar-refractivity contribution in [1.82, 2.24) is 4.98 Å². The Morgan fingerprint density at radius 2 is 1.60 bits per heavy atom. The molecule has 0 saturated heterocycles. The predicted octanol–water partition coefficient (Wildman–Crippen LogP) is 5.10. The lowest BCUT2D eigenvalue weighted by molar-refractivity contribution is -0.142. The van der Waals surface area contributed by atoms with Gasteiger partial charge in [0, 0.05) is 34.6 Å². The number of hydrogen-bond acceptors (Lipinski definition) is 3. The van der Waals surface area contributed by atoms with E-state index in [4.69, 9.17) is 9.73 Å². The van der Waals surface area contributed by atoms with Crippen LogP contribution in [0.2, 0.25) is 0 Å². The number of aryl methyl sites for hydroxylation is 1. The third kappa shape index (κ3) is 4.18. The molecule has 4 aromatic rings. The van der Waals surface area contributed by atoms with Crippen molar-refractivity contribution in [1.29, 1.82) is 0 Å². The van der Waals surface area contributed by atoms with Crippen LogP contribution in [0.15, 0.2) is 90.1 Å². The number of H-pyrrole nitrogens is 1. The Morgan fingerprint density at radius 1 is 0.967 bits per heavy atom. The third-order valence-corrected chi connectivity index (χ3v) is 5.19. The van der Waals surface area contributed by atoms with Gasteiger partial charge in [0.2, 0.25) is 0 Å². The summed E-state index contributed by atoms with van der Waals surface area (Å²) in [6, 6.07) is 25.5. The zero-order valence-electron chi connectivity index (χ0n) is 17.1. The van der Waals surface area contributed by atoms with Gasteiger partial charge in [-0.05, 0) is 24.6 Å². The first-order chi connectivity index (χ1) is 14.7. The average Bonchev–Trinajstić information content (AvgIpc) is 3.19. The molecule has 1 atom stereocenters. The molecule has 0 aliphatic rings. The van der Waals surface area contributed by atoms with Crippen molar-refractivity contribution in [3.05, 3.63) is 107 Å². The Balaban J connectivity index is 1.79. The lowest BCUT2D eigenvalue weighted by Gasteiger charge is -2.14. The number of carbonyl (C=O) groups is 1. The summed E-state index contributed by atoms with van der Waals surface area (Å²) in [6.07, 6.45) is 2.42. The highest BCUT2D eigenvalue weighted by atomic mass is 16.5. The van der Waals surface area contributed by atoms with E-state index in [9.17, 15) is 4.79 Å². The Hall–Kier alpha value is -3.66. The highest BCUT2D eigenvalue weighted by Gasteiger charge is 2.22. The number of aromatic amines is 1. The fraction of sp³-hybridized carbons (Fsp3) is 0.154. The number of esters is 1. The summed E-state index contributed by atoms with van der Waals surface area (Å²) >= 11 is 0. The van der Waals surface area contributed by atoms with E-state index in [1.54, 1.807) is 0 Å².